The Bertz CT molecular complexity index is 194. The molecule has 0 aromatic rings. The summed E-state index contributed by atoms with van der Waals surface area (Å²) in [6.07, 6.45) is 1.29. The molecule has 2 heteroatoms. The van der Waals surface area contributed by atoms with Gasteiger partial charge in [0.25, 0.3) is 0 Å². The summed E-state index contributed by atoms with van der Waals surface area (Å²) in [4.78, 5) is 2.50. The first-order valence-electron chi connectivity index (χ1n) is 7.07. The Hall–Kier alpha value is -0.0800. The first-order chi connectivity index (χ1) is 7.61. The molecule has 0 heterocycles. The molecule has 0 rings (SSSR count). The maximum Gasteiger partial charge on any atom is 0.00966 e. The molecule has 0 fully saturated rings. The highest BCUT2D eigenvalue weighted by molar-refractivity contribution is 4.74. The largest absolute Gasteiger partial charge is 0.312 e. The van der Waals surface area contributed by atoms with Crippen LogP contribution in [0.5, 0.6) is 0 Å². The van der Waals surface area contributed by atoms with E-state index < -0.39 is 0 Å². The molecule has 0 saturated carbocycles. The van der Waals surface area contributed by atoms with E-state index in [0.29, 0.717) is 12.0 Å². The van der Waals surface area contributed by atoms with E-state index >= 15 is 0 Å². The average molecular weight is 242 g/mol. The van der Waals surface area contributed by atoms with E-state index in [0.717, 1.165) is 12.5 Å². The van der Waals surface area contributed by atoms with E-state index in [-0.39, 0.29) is 5.54 Å². The van der Waals surface area contributed by atoms with Crippen LogP contribution >= 0.6 is 0 Å². The number of rotatable bonds is 7. The Labute approximate surface area is 109 Å². The van der Waals surface area contributed by atoms with Crippen LogP contribution < -0.4 is 5.32 Å². The lowest BCUT2D eigenvalue weighted by atomic mass is 10.0. The molecule has 0 aromatic heterocycles. The average Bonchev–Trinajstić information content (AvgIpc) is 2.12. The second-order valence-electron chi connectivity index (χ2n) is 7.15. The molecule has 2 nitrogen and oxygen atoms in total. The summed E-state index contributed by atoms with van der Waals surface area (Å²) in [6.45, 7) is 18.2. The van der Waals surface area contributed by atoms with Gasteiger partial charge in [-0.15, -0.1) is 0 Å². The minimum atomic E-state index is 0.233. The van der Waals surface area contributed by atoms with Gasteiger partial charge >= 0.3 is 0 Å². The molecule has 0 aliphatic heterocycles. The minimum Gasteiger partial charge on any atom is -0.312 e. The van der Waals surface area contributed by atoms with Gasteiger partial charge in [-0.2, -0.15) is 0 Å². The topological polar surface area (TPSA) is 15.3 Å². The zero-order valence-electron chi connectivity index (χ0n) is 13.3. The molecule has 0 aliphatic carbocycles. The third-order valence-electron chi connectivity index (χ3n) is 3.15. The van der Waals surface area contributed by atoms with Crippen molar-refractivity contribution < 1.29 is 0 Å². The maximum atomic E-state index is 3.58. The lowest BCUT2D eigenvalue weighted by molar-refractivity contribution is 0.195. The number of nitrogens with one attached hydrogen (secondary N) is 1. The van der Waals surface area contributed by atoms with Crippen molar-refractivity contribution in [2.45, 2.75) is 66.5 Å². The van der Waals surface area contributed by atoms with Crippen LogP contribution in [0.2, 0.25) is 0 Å². The standard InChI is InChI=1S/C15H34N2/c1-12(2)9-14(4)17(8)11-13(3)10-16-15(5,6)7/h12-14,16H,9-11H2,1-8H3. The molecule has 2 atom stereocenters. The summed E-state index contributed by atoms with van der Waals surface area (Å²) in [6, 6.07) is 0.687. The third kappa shape index (κ3) is 9.61. The number of hydrogen-bond acceptors (Lipinski definition) is 2. The fourth-order valence-corrected chi connectivity index (χ4v) is 2.08. The van der Waals surface area contributed by atoms with E-state index in [1.165, 1.54) is 13.0 Å². The van der Waals surface area contributed by atoms with Gasteiger partial charge in [-0.05, 0) is 59.5 Å². The highest BCUT2D eigenvalue weighted by Crippen LogP contribution is 2.11. The lowest BCUT2D eigenvalue weighted by Gasteiger charge is -2.30. The van der Waals surface area contributed by atoms with Crippen LogP contribution in [0, 0.1) is 11.8 Å². The van der Waals surface area contributed by atoms with Crippen molar-refractivity contribution in [1.82, 2.24) is 10.2 Å². The quantitative estimate of drug-likeness (QED) is 0.736. The monoisotopic (exact) mass is 242 g/mol. The zero-order chi connectivity index (χ0) is 13.6. The molecule has 0 radical (unpaired) electrons. The molecule has 17 heavy (non-hydrogen) atoms. The van der Waals surface area contributed by atoms with Crippen LogP contribution in [0.25, 0.3) is 0 Å². The van der Waals surface area contributed by atoms with Gasteiger partial charge in [-0.1, -0.05) is 20.8 Å². The van der Waals surface area contributed by atoms with Gasteiger partial charge in [-0.25, -0.2) is 0 Å². The molecule has 1 N–H and O–H groups in total. The number of nitrogens with zero attached hydrogens (tertiary/aromatic N) is 1. The minimum absolute atomic E-state index is 0.233. The highest BCUT2D eigenvalue weighted by Gasteiger charge is 2.15. The molecule has 0 saturated heterocycles. The molecule has 0 bridgehead atoms. The smallest absolute Gasteiger partial charge is 0.00966 e. The number of hydrogen-bond donors (Lipinski definition) is 1. The van der Waals surface area contributed by atoms with Crippen molar-refractivity contribution >= 4 is 0 Å². The van der Waals surface area contributed by atoms with Crippen LogP contribution in [0.15, 0.2) is 0 Å². The first-order valence-corrected chi connectivity index (χ1v) is 7.07. The second kappa shape index (κ2) is 7.38. The van der Waals surface area contributed by atoms with Crippen molar-refractivity contribution in [2.75, 3.05) is 20.1 Å². The van der Waals surface area contributed by atoms with E-state index in [1.807, 2.05) is 0 Å². The summed E-state index contributed by atoms with van der Waals surface area (Å²) in [7, 11) is 2.25. The Morgan fingerprint density at radius 2 is 1.59 bits per heavy atom. The predicted molar refractivity (Wildman–Crippen MR) is 78.5 cm³/mol. The van der Waals surface area contributed by atoms with Crippen LogP contribution in [0.1, 0.15) is 54.9 Å². The normalized spacial score (nSPS) is 16.6. The Morgan fingerprint density at radius 1 is 1.06 bits per heavy atom. The fraction of sp³-hybridized carbons (Fsp3) is 1.00. The SMILES string of the molecule is CC(C)CC(C)N(C)CC(C)CNC(C)(C)C. The fourth-order valence-electron chi connectivity index (χ4n) is 2.08. The van der Waals surface area contributed by atoms with Gasteiger partial charge < -0.3 is 10.2 Å². The maximum absolute atomic E-state index is 3.58. The Kier molecular flexibility index (Phi) is 7.34. The third-order valence-corrected chi connectivity index (χ3v) is 3.15. The van der Waals surface area contributed by atoms with Crippen LogP contribution in [0.4, 0.5) is 0 Å². The Morgan fingerprint density at radius 3 is 2.00 bits per heavy atom. The summed E-state index contributed by atoms with van der Waals surface area (Å²) in [5.41, 5.74) is 0.233. The van der Waals surface area contributed by atoms with E-state index in [9.17, 15) is 0 Å². The van der Waals surface area contributed by atoms with E-state index in [1.54, 1.807) is 0 Å². The zero-order valence-corrected chi connectivity index (χ0v) is 13.3. The predicted octanol–water partition coefficient (Wildman–Crippen LogP) is 3.38. The molecule has 0 amide bonds. The van der Waals surface area contributed by atoms with E-state index in [2.05, 4.69) is 65.7 Å². The summed E-state index contributed by atoms with van der Waals surface area (Å²) < 4.78 is 0. The van der Waals surface area contributed by atoms with E-state index in [4.69, 9.17) is 0 Å². The van der Waals surface area contributed by atoms with Gasteiger partial charge in [0.15, 0.2) is 0 Å². The van der Waals surface area contributed by atoms with Gasteiger partial charge in [0, 0.05) is 18.1 Å². The molecule has 0 aliphatic rings. The molecule has 2 unspecified atom stereocenters. The molecular formula is C15H34N2. The van der Waals surface area contributed by atoms with Crippen molar-refractivity contribution in [1.29, 1.82) is 0 Å². The summed E-state index contributed by atoms with van der Waals surface area (Å²) in [5.74, 6) is 1.49. The second-order valence-corrected chi connectivity index (χ2v) is 7.15. The summed E-state index contributed by atoms with van der Waals surface area (Å²) >= 11 is 0. The van der Waals surface area contributed by atoms with Crippen molar-refractivity contribution in [3.05, 3.63) is 0 Å². The van der Waals surface area contributed by atoms with Crippen LogP contribution in [-0.2, 0) is 0 Å². The van der Waals surface area contributed by atoms with Crippen LogP contribution in [-0.4, -0.2) is 36.6 Å². The molecular weight excluding hydrogens is 208 g/mol. The molecule has 104 valence electrons. The van der Waals surface area contributed by atoms with Gasteiger partial charge in [0.05, 0.1) is 0 Å². The van der Waals surface area contributed by atoms with Crippen LogP contribution in [0.3, 0.4) is 0 Å². The lowest BCUT2D eigenvalue weighted by Crippen LogP contribution is -2.42. The highest BCUT2D eigenvalue weighted by atomic mass is 15.1. The van der Waals surface area contributed by atoms with Gasteiger partial charge in [0.1, 0.15) is 0 Å². The Balaban J connectivity index is 3.90. The van der Waals surface area contributed by atoms with Gasteiger partial charge in [0.2, 0.25) is 0 Å². The molecule has 0 spiro atoms. The molecule has 0 aromatic carbocycles. The summed E-state index contributed by atoms with van der Waals surface area (Å²) in [5, 5.41) is 3.58. The van der Waals surface area contributed by atoms with Crippen molar-refractivity contribution in [3.8, 4) is 0 Å². The van der Waals surface area contributed by atoms with Gasteiger partial charge in [-0.3, -0.25) is 0 Å². The van der Waals surface area contributed by atoms with Crippen molar-refractivity contribution in [2.24, 2.45) is 11.8 Å². The first kappa shape index (κ1) is 16.9. The van der Waals surface area contributed by atoms with Crippen molar-refractivity contribution in [3.63, 3.8) is 0 Å².